The molecule has 0 spiro atoms. The molecule has 0 saturated carbocycles. The molecule has 4 heterocycles. The zero-order valence-corrected chi connectivity index (χ0v) is 16.5. The molecular formula is C21H24N6O. The van der Waals surface area contributed by atoms with E-state index in [1.165, 1.54) is 0 Å². The van der Waals surface area contributed by atoms with Crippen LogP contribution in [0.5, 0.6) is 5.88 Å². The molecule has 144 valence electrons. The van der Waals surface area contributed by atoms with Crippen molar-refractivity contribution in [1.29, 1.82) is 5.26 Å². The van der Waals surface area contributed by atoms with Crippen molar-refractivity contribution in [2.24, 2.45) is 5.92 Å². The molecule has 3 aromatic heterocycles. The van der Waals surface area contributed by atoms with Gasteiger partial charge < -0.3 is 9.64 Å². The second-order valence-corrected chi connectivity index (χ2v) is 8.27. The Bertz CT molecular complexity index is 1030. The fraction of sp³-hybridized carbons (Fsp3) is 0.429. The van der Waals surface area contributed by atoms with Gasteiger partial charge in [0.25, 0.3) is 0 Å². The molecule has 1 unspecified atom stereocenters. The molecule has 1 atom stereocenters. The molecule has 1 fully saturated rings. The first kappa shape index (κ1) is 18.2. The Morgan fingerprint density at radius 3 is 2.93 bits per heavy atom. The van der Waals surface area contributed by atoms with E-state index in [1.807, 2.05) is 30.5 Å². The second kappa shape index (κ2) is 7.12. The molecule has 4 rings (SSSR count). The summed E-state index contributed by atoms with van der Waals surface area (Å²) in [6.07, 6.45) is 4.70. The maximum absolute atomic E-state index is 9.02. The summed E-state index contributed by atoms with van der Waals surface area (Å²) >= 11 is 0. The zero-order chi connectivity index (χ0) is 19.7. The minimum atomic E-state index is -0.0135. The van der Waals surface area contributed by atoms with E-state index in [1.54, 1.807) is 10.7 Å². The monoisotopic (exact) mass is 376 g/mol. The first-order valence-electron chi connectivity index (χ1n) is 9.53. The quantitative estimate of drug-likeness (QED) is 0.696. The molecule has 0 aromatic carbocycles. The van der Waals surface area contributed by atoms with E-state index in [2.05, 4.69) is 46.8 Å². The summed E-state index contributed by atoms with van der Waals surface area (Å²) in [4.78, 5) is 10.9. The second-order valence-electron chi connectivity index (χ2n) is 8.27. The van der Waals surface area contributed by atoms with Crippen LogP contribution in [0, 0.1) is 17.2 Å². The van der Waals surface area contributed by atoms with Crippen molar-refractivity contribution in [3.63, 3.8) is 0 Å². The molecule has 3 aromatic rings. The number of nitriles is 1. The molecule has 1 aliphatic rings. The lowest BCUT2D eigenvalue weighted by Gasteiger charge is -2.18. The number of hydrogen-bond donors (Lipinski definition) is 0. The third-order valence-electron chi connectivity index (χ3n) is 5.04. The number of ether oxygens (including phenoxy) is 1. The van der Waals surface area contributed by atoms with E-state index in [0.717, 1.165) is 36.5 Å². The summed E-state index contributed by atoms with van der Waals surface area (Å²) in [5.74, 6) is 1.03. The Morgan fingerprint density at radius 2 is 2.14 bits per heavy atom. The normalized spacial score (nSPS) is 17.1. The molecule has 0 aliphatic carbocycles. The maximum Gasteiger partial charge on any atom is 0.231 e. The molecule has 28 heavy (non-hydrogen) atoms. The molecule has 0 amide bonds. The number of nitrogens with zero attached hydrogens (tertiary/aromatic N) is 6. The van der Waals surface area contributed by atoms with Crippen molar-refractivity contribution in [3.05, 3.63) is 48.0 Å². The smallest absolute Gasteiger partial charge is 0.231 e. The molecule has 0 N–H and O–H groups in total. The highest BCUT2D eigenvalue weighted by atomic mass is 16.5. The van der Waals surface area contributed by atoms with E-state index in [4.69, 9.17) is 10.00 Å². The van der Waals surface area contributed by atoms with Crippen molar-refractivity contribution in [1.82, 2.24) is 19.6 Å². The molecule has 1 saturated heterocycles. The Morgan fingerprint density at radius 1 is 1.29 bits per heavy atom. The summed E-state index contributed by atoms with van der Waals surface area (Å²) in [7, 11) is 0. The Kier molecular flexibility index (Phi) is 4.63. The van der Waals surface area contributed by atoms with Crippen LogP contribution < -0.4 is 9.64 Å². The standard InChI is InChI=1S/C21H24N6O/c1-21(2,3)18-13-27-19(24-18)4-5-20(25-27)28-14-15-7-9-26(12-15)17-6-8-23-16(10-17)11-22/h4-6,8,10,13,15H,7,9,12,14H2,1-3H3. The lowest BCUT2D eigenvalue weighted by atomic mass is 9.93. The maximum atomic E-state index is 9.02. The Labute approximate surface area is 164 Å². The lowest BCUT2D eigenvalue weighted by molar-refractivity contribution is 0.249. The molecule has 7 nitrogen and oxygen atoms in total. The third kappa shape index (κ3) is 3.77. The summed E-state index contributed by atoms with van der Waals surface area (Å²) < 4.78 is 7.76. The number of rotatable bonds is 4. The average Bonchev–Trinajstić information content (AvgIpc) is 3.33. The van der Waals surface area contributed by atoms with Crippen LogP contribution in [0.25, 0.3) is 5.65 Å². The summed E-state index contributed by atoms with van der Waals surface area (Å²) in [6, 6.07) is 9.71. The molecular weight excluding hydrogens is 352 g/mol. The van der Waals surface area contributed by atoms with Crippen LogP contribution in [0.4, 0.5) is 5.69 Å². The first-order valence-corrected chi connectivity index (χ1v) is 9.53. The SMILES string of the molecule is CC(C)(C)c1cn2nc(OCC3CCN(c4ccnc(C#N)c4)C3)ccc2n1. The van der Waals surface area contributed by atoms with Crippen LogP contribution >= 0.6 is 0 Å². The fourth-order valence-corrected chi connectivity index (χ4v) is 3.39. The number of fused-ring (bicyclic) bond motifs is 1. The van der Waals surface area contributed by atoms with Gasteiger partial charge in [-0.25, -0.2) is 14.5 Å². The van der Waals surface area contributed by atoms with Gasteiger partial charge in [0, 0.05) is 42.4 Å². The number of anilines is 1. The summed E-state index contributed by atoms with van der Waals surface area (Å²) in [5.41, 5.74) is 3.32. The summed E-state index contributed by atoms with van der Waals surface area (Å²) in [5, 5.41) is 13.6. The van der Waals surface area contributed by atoms with Gasteiger partial charge in [-0.2, -0.15) is 5.26 Å². The minimum Gasteiger partial charge on any atom is -0.476 e. The highest BCUT2D eigenvalue weighted by molar-refractivity contribution is 5.49. The number of aromatic nitrogens is 4. The number of pyridine rings is 1. The highest BCUT2D eigenvalue weighted by Crippen LogP contribution is 2.25. The number of imidazole rings is 1. The van der Waals surface area contributed by atoms with Gasteiger partial charge in [-0.3, -0.25) is 0 Å². The van der Waals surface area contributed by atoms with Crippen molar-refractivity contribution < 1.29 is 4.74 Å². The predicted octanol–water partition coefficient (Wildman–Crippen LogP) is 3.20. The van der Waals surface area contributed by atoms with Gasteiger partial charge in [-0.05, 0) is 24.6 Å². The fourth-order valence-electron chi connectivity index (χ4n) is 3.39. The first-order chi connectivity index (χ1) is 13.4. The molecule has 1 aliphatic heterocycles. The van der Waals surface area contributed by atoms with E-state index >= 15 is 0 Å². The topological polar surface area (TPSA) is 79.3 Å². The van der Waals surface area contributed by atoms with Crippen LogP contribution in [0.1, 0.15) is 38.6 Å². The Hall–Kier alpha value is -3.14. The van der Waals surface area contributed by atoms with Crippen molar-refractivity contribution in [3.8, 4) is 11.9 Å². The van der Waals surface area contributed by atoms with E-state index < -0.39 is 0 Å². The van der Waals surface area contributed by atoms with E-state index in [-0.39, 0.29) is 5.41 Å². The number of hydrogen-bond acceptors (Lipinski definition) is 6. The van der Waals surface area contributed by atoms with Crippen molar-refractivity contribution in [2.45, 2.75) is 32.6 Å². The van der Waals surface area contributed by atoms with Crippen LogP contribution in [-0.2, 0) is 5.41 Å². The van der Waals surface area contributed by atoms with Crippen molar-refractivity contribution >= 4 is 11.3 Å². The van der Waals surface area contributed by atoms with E-state index in [9.17, 15) is 0 Å². The molecule has 7 heteroatoms. The van der Waals surface area contributed by atoms with E-state index in [0.29, 0.717) is 24.1 Å². The van der Waals surface area contributed by atoms with Crippen molar-refractivity contribution in [2.75, 3.05) is 24.6 Å². The van der Waals surface area contributed by atoms with Gasteiger partial charge >= 0.3 is 0 Å². The predicted molar refractivity (Wildman–Crippen MR) is 106 cm³/mol. The average molecular weight is 376 g/mol. The van der Waals surface area contributed by atoms with Gasteiger partial charge in [-0.1, -0.05) is 20.8 Å². The highest BCUT2D eigenvalue weighted by Gasteiger charge is 2.24. The van der Waals surface area contributed by atoms with Crippen LogP contribution in [-0.4, -0.2) is 39.3 Å². The minimum absolute atomic E-state index is 0.0135. The van der Waals surface area contributed by atoms with Crippen LogP contribution in [0.15, 0.2) is 36.7 Å². The van der Waals surface area contributed by atoms with Gasteiger partial charge in [0.1, 0.15) is 11.8 Å². The van der Waals surface area contributed by atoms with Crippen LogP contribution in [0.2, 0.25) is 0 Å². The van der Waals surface area contributed by atoms with Gasteiger partial charge in [0.2, 0.25) is 5.88 Å². The van der Waals surface area contributed by atoms with Gasteiger partial charge in [0.05, 0.1) is 18.5 Å². The van der Waals surface area contributed by atoms with Gasteiger partial charge in [0.15, 0.2) is 5.65 Å². The molecule has 0 radical (unpaired) electrons. The van der Waals surface area contributed by atoms with Crippen LogP contribution in [0.3, 0.4) is 0 Å². The zero-order valence-electron chi connectivity index (χ0n) is 16.5. The Balaban J connectivity index is 1.39. The largest absolute Gasteiger partial charge is 0.476 e. The molecule has 0 bridgehead atoms. The lowest BCUT2D eigenvalue weighted by Crippen LogP contribution is -2.22. The third-order valence-corrected chi connectivity index (χ3v) is 5.04. The van der Waals surface area contributed by atoms with Gasteiger partial charge in [-0.15, -0.1) is 5.10 Å². The summed E-state index contributed by atoms with van der Waals surface area (Å²) in [6.45, 7) is 8.88.